The number of ether oxygens (including phenoxy) is 1. The third-order valence-corrected chi connectivity index (χ3v) is 6.54. The maximum atomic E-state index is 12.5. The zero-order valence-electron chi connectivity index (χ0n) is 18.3. The van der Waals surface area contributed by atoms with Gasteiger partial charge in [-0.2, -0.15) is 0 Å². The number of hydrogen-bond acceptors (Lipinski definition) is 2. The Morgan fingerprint density at radius 3 is 2.17 bits per heavy atom. The van der Waals surface area contributed by atoms with Gasteiger partial charge in [0.1, 0.15) is 5.75 Å². The van der Waals surface area contributed by atoms with Crippen LogP contribution in [0.3, 0.4) is 0 Å². The molecule has 2 aromatic rings. The van der Waals surface area contributed by atoms with E-state index in [4.69, 9.17) is 4.74 Å². The van der Waals surface area contributed by atoms with Crippen LogP contribution in [0.2, 0.25) is 0 Å². The highest BCUT2D eigenvalue weighted by Crippen LogP contribution is 2.37. The second-order valence-electron chi connectivity index (χ2n) is 8.78. The quantitative estimate of drug-likeness (QED) is 0.337. The van der Waals surface area contributed by atoms with Crippen molar-refractivity contribution in [2.75, 3.05) is 0 Å². The number of hydrogen-bond donors (Lipinski definition) is 0. The molecule has 1 unspecified atom stereocenters. The smallest absolute Gasteiger partial charge is 0.343 e. The van der Waals surface area contributed by atoms with Gasteiger partial charge in [0.05, 0.1) is 5.56 Å². The number of carbonyl (C=O) groups excluding carboxylic acids is 1. The molecule has 1 aliphatic carbocycles. The molecule has 2 heteroatoms. The second-order valence-corrected chi connectivity index (χ2v) is 8.78. The first-order chi connectivity index (χ1) is 14.1. The molecule has 1 aliphatic rings. The molecule has 3 rings (SSSR count). The Bertz CT molecular complexity index is 752. The molecule has 29 heavy (non-hydrogen) atoms. The summed E-state index contributed by atoms with van der Waals surface area (Å²) in [6, 6.07) is 16.0. The molecular formula is C27H36O2. The molecule has 0 N–H and O–H groups in total. The number of carbonyl (C=O) groups is 1. The van der Waals surface area contributed by atoms with Gasteiger partial charge in [0.2, 0.25) is 0 Å². The summed E-state index contributed by atoms with van der Waals surface area (Å²) in [4.78, 5) is 12.5. The molecule has 2 nitrogen and oxygen atoms in total. The van der Waals surface area contributed by atoms with Crippen LogP contribution in [-0.2, 0) is 0 Å². The number of benzene rings is 2. The predicted molar refractivity (Wildman–Crippen MR) is 121 cm³/mol. The minimum absolute atomic E-state index is 0.285. The lowest BCUT2D eigenvalue weighted by atomic mass is 9.77. The Morgan fingerprint density at radius 1 is 0.931 bits per heavy atom. The highest BCUT2D eigenvalue weighted by molar-refractivity contribution is 5.91. The molecule has 0 amide bonds. The summed E-state index contributed by atoms with van der Waals surface area (Å²) in [5.41, 5.74) is 3.27. The van der Waals surface area contributed by atoms with Crippen LogP contribution in [0.25, 0.3) is 0 Å². The summed E-state index contributed by atoms with van der Waals surface area (Å²) in [6.45, 7) is 6.72. The highest BCUT2D eigenvalue weighted by Gasteiger charge is 2.22. The lowest BCUT2D eigenvalue weighted by Crippen LogP contribution is -2.13. The fourth-order valence-corrected chi connectivity index (χ4v) is 4.71. The van der Waals surface area contributed by atoms with Crippen molar-refractivity contribution in [3.8, 4) is 5.75 Å². The third-order valence-electron chi connectivity index (χ3n) is 6.54. The molecule has 2 aromatic carbocycles. The summed E-state index contributed by atoms with van der Waals surface area (Å²) >= 11 is 0. The topological polar surface area (TPSA) is 26.3 Å². The van der Waals surface area contributed by atoms with Crippen LogP contribution < -0.4 is 4.74 Å². The van der Waals surface area contributed by atoms with Gasteiger partial charge in [-0.1, -0.05) is 64.3 Å². The second kappa shape index (κ2) is 10.6. The average molecular weight is 393 g/mol. The molecule has 0 spiro atoms. The predicted octanol–water partition coefficient (Wildman–Crippen LogP) is 7.88. The normalized spacial score (nSPS) is 20.2. The van der Waals surface area contributed by atoms with Crippen LogP contribution in [0.5, 0.6) is 5.75 Å². The molecule has 0 aliphatic heterocycles. The van der Waals surface area contributed by atoms with Crippen molar-refractivity contribution < 1.29 is 9.53 Å². The summed E-state index contributed by atoms with van der Waals surface area (Å²) in [5.74, 6) is 2.45. The number of esters is 1. The van der Waals surface area contributed by atoms with Gasteiger partial charge in [0.15, 0.2) is 0 Å². The summed E-state index contributed by atoms with van der Waals surface area (Å²) < 4.78 is 5.60. The minimum Gasteiger partial charge on any atom is -0.423 e. The van der Waals surface area contributed by atoms with Gasteiger partial charge in [-0.15, -0.1) is 0 Å². The van der Waals surface area contributed by atoms with E-state index in [1.165, 1.54) is 56.1 Å². The lowest BCUT2D eigenvalue weighted by Gasteiger charge is -2.28. The van der Waals surface area contributed by atoms with E-state index >= 15 is 0 Å². The summed E-state index contributed by atoms with van der Waals surface area (Å²) in [5, 5.41) is 0. The van der Waals surface area contributed by atoms with E-state index in [1.54, 1.807) is 0 Å². The average Bonchev–Trinajstić information content (AvgIpc) is 2.75. The SMILES string of the molecule is CCCC1CCC(c2ccc(OC(=O)c3ccc(C(C)CCC)cc3)cc2)CC1. The van der Waals surface area contributed by atoms with Gasteiger partial charge in [-0.3, -0.25) is 0 Å². The van der Waals surface area contributed by atoms with E-state index in [2.05, 4.69) is 45.0 Å². The van der Waals surface area contributed by atoms with Crippen LogP contribution in [0, 0.1) is 5.92 Å². The fraction of sp³-hybridized carbons (Fsp3) is 0.519. The first kappa shape index (κ1) is 21.6. The molecule has 0 bridgehead atoms. The maximum Gasteiger partial charge on any atom is 0.343 e. The molecule has 0 aromatic heterocycles. The first-order valence-corrected chi connectivity index (χ1v) is 11.5. The number of rotatable bonds is 8. The van der Waals surface area contributed by atoms with Crippen LogP contribution in [0.15, 0.2) is 48.5 Å². The molecule has 0 heterocycles. The van der Waals surface area contributed by atoms with E-state index in [9.17, 15) is 4.79 Å². The van der Waals surface area contributed by atoms with Crippen LogP contribution in [0.1, 0.15) is 105 Å². The van der Waals surface area contributed by atoms with Crippen LogP contribution >= 0.6 is 0 Å². The molecule has 1 saturated carbocycles. The fourth-order valence-electron chi connectivity index (χ4n) is 4.71. The lowest BCUT2D eigenvalue weighted by molar-refractivity contribution is 0.0734. The van der Waals surface area contributed by atoms with E-state index in [0.717, 1.165) is 12.3 Å². The largest absolute Gasteiger partial charge is 0.423 e. The van der Waals surface area contributed by atoms with Crippen molar-refractivity contribution in [1.82, 2.24) is 0 Å². The molecule has 156 valence electrons. The Kier molecular flexibility index (Phi) is 7.91. The molecular weight excluding hydrogens is 356 g/mol. The zero-order valence-corrected chi connectivity index (χ0v) is 18.3. The van der Waals surface area contributed by atoms with Gasteiger partial charge >= 0.3 is 5.97 Å². The van der Waals surface area contributed by atoms with E-state index < -0.39 is 0 Å². The summed E-state index contributed by atoms with van der Waals surface area (Å²) in [7, 11) is 0. The molecule has 0 radical (unpaired) electrons. The van der Waals surface area contributed by atoms with Gasteiger partial charge in [-0.25, -0.2) is 4.79 Å². The van der Waals surface area contributed by atoms with Gasteiger partial charge in [-0.05, 0) is 85.3 Å². The van der Waals surface area contributed by atoms with Crippen LogP contribution in [-0.4, -0.2) is 5.97 Å². The van der Waals surface area contributed by atoms with Crippen molar-refractivity contribution >= 4 is 5.97 Å². The standard InChI is InChI=1S/C27H36O2/c1-4-6-20(3)22-12-14-25(15-13-22)27(28)29-26-18-16-24(17-19-26)23-10-8-21(7-5-2)9-11-23/h12-21,23H,4-11H2,1-3H3. The monoisotopic (exact) mass is 392 g/mol. The molecule has 1 fully saturated rings. The van der Waals surface area contributed by atoms with E-state index in [-0.39, 0.29) is 5.97 Å². The third kappa shape index (κ3) is 5.95. The molecule has 1 atom stereocenters. The Balaban J connectivity index is 1.55. The molecule has 0 saturated heterocycles. The Morgan fingerprint density at radius 2 is 1.59 bits per heavy atom. The van der Waals surface area contributed by atoms with Crippen molar-refractivity contribution in [3.05, 3.63) is 65.2 Å². The highest BCUT2D eigenvalue weighted by atomic mass is 16.5. The van der Waals surface area contributed by atoms with Crippen LogP contribution in [0.4, 0.5) is 0 Å². The maximum absolute atomic E-state index is 12.5. The van der Waals surface area contributed by atoms with Gasteiger partial charge < -0.3 is 4.74 Å². The Labute approximate surface area is 176 Å². The zero-order chi connectivity index (χ0) is 20.6. The minimum atomic E-state index is -0.285. The summed E-state index contributed by atoms with van der Waals surface area (Å²) in [6.07, 6.45) is 10.3. The van der Waals surface area contributed by atoms with Gasteiger partial charge in [0, 0.05) is 0 Å². The Hall–Kier alpha value is -2.09. The van der Waals surface area contributed by atoms with Crippen molar-refractivity contribution in [2.45, 2.75) is 84.0 Å². The first-order valence-electron chi connectivity index (χ1n) is 11.5. The van der Waals surface area contributed by atoms with Crippen molar-refractivity contribution in [1.29, 1.82) is 0 Å². The van der Waals surface area contributed by atoms with Gasteiger partial charge in [0.25, 0.3) is 0 Å². The van der Waals surface area contributed by atoms with E-state index in [1.807, 2.05) is 24.3 Å². The van der Waals surface area contributed by atoms with Crippen molar-refractivity contribution in [2.24, 2.45) is 5.92 Å². The van der Waals surface area contributed by atoms with Crippen molar-refractivity contribution in [3.63, 3.8) is 0 Å². The van der Waals surface area contributed by atoms with E-state index in [0.29, 0.717) is 23.1 Å².